The van der Waals surface area contributed by atoms with Crippen LogP contribution >= 0.6 is 15.6 Å². The molecule has 100 heavy (non-hydrogen) atoms. The number of aliphatic hydroxyl groups is 1. The molecule has 0 aromatic rings. The lowest BCUT2D eigenvalue weighted by molar-refractivity contribution is -0.161. The Morgan fingerprint density at radius 2 is 0.510 bits per heavy atom. The molecule has 0 heterocycles. The maximum absolute atomic E-state index is 13.1. The number of esters is 4. The molecule has 0 aliphatic carbocycles. The second-order valence-electron chi connectivity index (χ2n) is 30.1. The van der Waals surface area contributed by atoms with Gasteiger partial charge in [-0.05, 0) is 43.4 Å². The van der Waals surface area contributed by atoms with E-state index >= 15 is 0 Å². The zero-order valence-electron chi connectivity index (χ0n) is 65.7. The van der Waals surface area contributed by atoms with Crippen LogP contribution in [0.25, 0.3) is 0 Å². The third-order valence-electron chi connectivity index (χ3n) is 19.6. The largest absolute Gasteiger partial charge is 0.472 e. The molecule has 0 aromatic carbocycles. The number of aliphatic hydroxyl groups excluding tert-OH is 1. The van der Waals surface area contributed by atoms with Gasteiger partial charge >= 0.3 is 39.5 Å². The van der Waals surface area contributed by atoms with Crippen molar-refractivity contribution in [2.75, 3.05) is 39.6 Å². The van der Waals surface area contributed by atoms with Crippen molar-refractivity contribution in [3.63, 3.8) is 0 Å². The number of phosphoric acid groups is 2. The van der Waals surface area contributed by atoms with Gasteiger partial charge in [-0.3, -0.25) is 37.3 Å². The average Bonchev–Trinajstić information content (AvgIpc) is 0.967. The number of rotatable bonds is 79. The fourth-order valence-corrected chi connectivity index (χ4v) is 14.0. The van der Waals surface area contributed by atoms with Crippen LogP contribution in [0.5, 0.6) is 0 Å². The van der Waals surface area contributed by atoms with Gasteiger partial charge in [-0.2, -0.15) is 0 Å². The molecule has 4 unspecified atom stereocenters. The number of hydrogen-bond acceptors (Lipinski definition) is 15. The van der Waals surface area contributed by atoms with Gasteiger partial charge in [0.05, 0.1) is 26.4 Å². The molecular formula is C81H158O17P2. The highest BCUT2D eigenvalue weighted by Gasteiger charge is 2.30. The zero-order chi connectivity index (χ0) is 73.7. The van der Waals surface area contributed by atoms with Crippen LogP contribution in [0, 0.1) is 17.8 Å². The molecule has 0 radical (unpaired) electrons. The van der Waals surface area contributed by atoms with Gasteiger partial charge in [0.2, 0.25) is 0 Å². The van der Waals surface area contributed by atoms with Gasteiger partial charge < -0.3 is 33.8 Å². The summed E-state index contributed by atoms with van der Waals surface area (Å²) in [5.74, 6) is 0.248. The predicted octanol–water partition coefficient (Wildman–Crippen LogP) is 24.1. The van der Waals surface area contributed by atoms with Crippen LogP contribution in [0.3, 0.4) is 0 Å². The van der Waals surface area contributed by atoms with Crippen molar-refractivity contribution in [3.8, 4) is 0 Å². The van der Waals surface area contributed by atoms with E-state index in [0.29, 0.717) is 25.7 Å². The van der Waals surface area contributed by atoms with E-state index in [0.717, 1.165) is 108 Å². The third kappa shape index (κ3) is 71.7. The van der Waals surface area contributed by atoms with Gasteiger partial charge in [-0.1, -0.05) is 370 Å². The molecule has 0 aliphatic heterocycles. The molecule has 0 rings (SSSR count). The number of hydrogen-bond donors (Lipinski definition) is 3. The molecule has 0 amide bonds. The molecule has 3 N–H and O–H groups in total. The molecule has 0 aromatic heterocycles. The van der Waals surface area contributed by atoms with E-state index in [1.165, 1.54) is 231 Å². The number of ether oxygens (including phenoxy) is 4. The monoisotopic (exact) mass is 1470 g/mol. The smallest absolute Gasteiger partial charge is 0.462 e. The normalized spacial score (nSPS) is 14.5. The summed E-state index contributed by atoms with van der Waals surface area (Å²) in [5, 5.41) is 10.6. The molecule has 7 atom stereocenters. The summed E-state index contributed by atoms with van der Waals surface area (Å²) in [6, 6.07) is 0. The van der Waals surface area contributed by atoms with Crippen LogP contribution in [0.1, 0.15) is 421 Å². The topological polar surface area (TPSA) is 237 Å². The standard InChI is InChI=1S/C81H158O17P2/c1-8-11-12-13-14-15-16-17-18-19-20-21-25-28-33-41-48-55-62-78(83)91-68-76(97-80(85)64-57-50-43-34-29-26-23-22-24-27-32-39-46-53-60-73(6)9-2)70-95-99(87,88)93-66-75(82)67-94-100(89,90)96-71-77(98-81(86)65-58-51-44-35-30-31-38-45-52-59-72(4)5)69-92-79(84)63-56-49-42-37-36-40-47-54-61-74(7)10-3/h72-77,82H,8-71H2,1-7H3,(H,87,88)(H,89,90)/t73?,74?,75-,76-,77-/m1/s1. The van der Waals surface area contributed by atoms with E-state index in [2.05, 4.69) is 48.5 Å². The van der Waals surface area contributed by atoms with Crippen LogP contribution in [0.15, 0.2) is 0 Å². The second kappa shape index (κ2) is 71.3. The SMILES string of the molecule is CCCCCCCCCCCCCCCCCCCCC(=O)OC[C@H](COP(=O)(O)OC[C@@H](O)COP(=O)(O)OC[C@@H](COC(=O)CCCCCCCCCCC(C)CC)OC(=O)CCCCCCCCCCCC(C)C)OC(=O)CCCCCCCCCCCCCCCCC(C)CC. The van der Waals surface area contributed by atoms with E-state index in [-0.39, 0.29) is 25.7 Å². The van der Waals surface area contributed by atoms with Crippen molar-refractivity contribution in [2.24, 2.45) is 17.8 Å². The molecule has 0 fully saturated rings. The maximum Gasteiger partial charge on any atom is 0.472 e. The van der Waals surface area contributed by atoms with E-state index in [9.17, 15) is 43.2 Å². The van der Waals surface area contributed by atoms with Crippen LogP contribution < -0.4 is 0 Å². The predicted molar refractivity (Wildman–Crippen MR) is 409 cm³/mol. The summed E-state index contributed by atoms with van der Waals surface area (Å²) in [4.78, 5) is 73.0. The molecule has 0 saturated carbocycles. The first-order chi connectivity index (χ1) is 48.3. The third-order valence-corrected chi connectivity index (χ3v) is 21.5. The molecule has 0 saturated heterocycles. The Bertz CT molecular complexity index is 1940. The maximum atomic E-state index is 13.1. The minimum Gasteiger partial charge on any atom is -0.462 e. The number of phosphoric ester groups is 2. The van der Waals surface area contributed by atoms with Gasteiger partial charge in [0.25, 0.3) is 0 Å². The molecule has 19 heteroatoms. The highest BCUT2D eigenvalue weighted by atomic mass is 31.2. The van der Waals surface area contributed by atoms with Gasteiger partial charge in [-0.15, -0.1) is 0 Å². The lowest BCUT2D eigenvalue weighted by Gasteiger charge is -2.21. The van der Waals surface area contributed by atoms with Crippen molar-refractivity contribution in [3.05, 3.63) is 0 Å². The quantitative estimate of drug-likeness (QED) is 0.0222. The summed E-state index contributed by atoms with van der Waals surface area (Å²) in [6.45, 7) is 12.0. The lowest BCUT2D eigenvalue weighted by atomic mass is 9.99. The van der Waals surface area contributed by atoms with E-state index in [1.807, 2.05) is 0 Å². The summed E-state index contributed by atoms with van der Waals surface area (Å²) in [7, 11) is -9.92. The van der Waals surface area contributed by atoms with Crippen molar-refractivity contribution in [1.82, 2.24) is 0 Å². The Labute approximate surface area is 613 Å². The van der Waals surface area contributed by atoms with Crippen molar-refractivity contribution in [1.29, 1.82) is 0 Å². The minimum atomic E-state index is -4.96. The Kier molecular flexibility index (Phi) is 69.9. The zero-order valence-corrected chi connectivity index (χ0v) is 67.5. The Balaban J connectivity index is 5.26. The van der Waals surface area contributed by atoms with E-state index < -0.39 is 97.5 Å². The van der Waals surface area contributed by atoms with Crippen LogP contribution in [-0.4, -0.2) is 96.7 Å². The second-order valence-corrected chi connectivity index (χ2v) is 33.0. The number of carbonyl (C=O) groups is 4. The van der Waals surface area contributed by atoms with Gasteiger partial charge in [0.15, 0.2) is 12.2 Å². The van der Waals surface area contributed by atoms with Gasteiger partial charge in [0, 0.05) is 25.7 Å². The fraction of sp³-hybridized carbons (Fsp3) is 0.951. The van der Waals surface area contributed by atoms with E-state index in [1.54, 1.807) is 0 Å². The average molecular weight is 1470 g/mol. The fourth-order valence-electron chi connectivity index (χ4n) is 12.4. The Hall–Kier alpha value is -1.94. The Morgan fingerprint density at radius 3 is 0.760 bits per heavy atom. The van der Waals surface area contributed by atoms with Gasteiger partial charge in [-0.25, -0.2) is 9.13 Å². The molecular weight excluding hydrogens is 1310 g/mol. The number of carbonyl (C=O) groups excluding carboxylic acids is 4. The van der Waals surface area contributed by atoms with Crippen LogP contribution in [-0.2, 0) is 65.4 Å². The van der Waals surface area contributed by atoms with Gasteiger partial charge in [0.1, 0.15) is 19.3 Å². The van der Waals surface area contributed by atoms with Crippen LogP contribution in [0.4, 0.5) is 0 Å². The summed E-state index contributed by atoms with van der Waals surface area (Å²) in [5.41, 5.74) is 0. The molecule has 17 nitrogen and oxygen atoms in total. The van der Waals surface area contributed by atoms with Crippen molar-refractivity contribution >= 4 is 39.5 Å². The highest BCUT2D eigenvalue weighted by Crippen LogP contribution is 2.45. The summed E-state index contributed by atoms with van der Waals surface area (Å²) >= 11 is 0. The molecule has 0 aliphatic rings. The first-order valence-electron chi connectivity index (χ1n) is 41.9. The summed E-state index contributed by atoms with van der Waals surface area (Å²) < 4.78 is 68.7. The Morgan fingerprint density at radius 1 is 0.290 bits per heavy atom. The molecule has 0 spiro atoms. The molecule has 594 valence electrons. The lowest BCUT2D eigenvalue weighted by Crippen LogP contribution is -2.30. The number of unbranched alkanes of at least 4 members (excludes halogenated alkanes) is 45. The van der Waals surface area contributed by atoms with E-state index in [4.69, 9.17) is 37.0 Å². The summed E-state index contributed by atoms with van der Waals surface area (Å²) in [6.07, 6.45) is 59.6. The highest BCUT2D eigenvalue weighted by molar-refractivity contribution is 7.47. The van der Waals surface area contributed by atoms with Crippen LogP contribution in [0.2, 0.25) is 0 Å². The molecule has 0 bridgehead atoms. The van der Waals surface area contributed by atoms with Crippen molar-refractivity contribution in [2.45, 2.75) is 439 Å². The first kappa shape index (κ1) is 98.1. The minimum absolute atomic E-state index is 0.105. The van der Waals surface area contributed by atoms with Crippen molar-refractivity contribution < 1.29 is 80.2 Å². The first-order valence-corrected chi connectivity index (χ1v) is 44.9.